The van der Waals surface area contributed by atoms with Gasteiger partial charge in [0.1, 0.15) is 17.2 Å². The van der Waals surface area contributed by atoms with Crippen LogP contribution >= 0.6 is 0 Å². The molecule has 0 saturated carbocycles. The molecular weight excluding hydrogens is 357 g/mol. The number of ether oxygens (including phenoxy) is 1. The molecule has 1 aromatic carbocycles. The third-order valence-corrected chi connectivity index (χ3v) is 4.27. The number of aromatic amines is 1. The fraction of sp³-hybridized carbons (Fsp3) is 0.211. The summed E-state index contributed by atoms with van der Waals surface area (Å²) in [5, 5.41) is 6.09. The fourth-order valence-corrected chi connectivity index (χ4v) is 3.12. The normalized spacial score (nSPS) is 13.3. The Morgan fingerprint density at radius 2 is 2.22 bits per heavy atom. The van der Waals surface area contributed by atoms with E-state index in [0.29, 0.717) is 36.1 Å². The van der Waals surface area contributed by atoms with E-state index >= 15 is 0 Å². The van der Waals surface area contributed by atoms with Gasteiger partial charge in [-0.2, -0.15) is 13.2 Å². The van der Waals surface area contributed by atoms with E-state index < -0.39 is 11.7 Å². The molecule has 1 radical (unpaired) electrons. The number of hydrogen-bond donors (Lipinski definition) is 3. The molecule has 3 aromatic rings. The van der Waals surface area contributed by atoms with Gasteiger partial charge in [-0.25, -0.2) is 4.98 Å². The summed E-state index contributed by atoms with van der Waals surface area (Å²) < 4.78 is 45.6. The van der Waals surface area contributed by atoms with Crippen LogP contribution in [-0.2, 0) is 12.6 Å². The number of benzene rings is 1. The van der Waals surface area contributed by atoms with E-state index in [1.165, 1.54) is 0 Å². The zero-order valence-corrected chi connectivity index (χ0v) is 14.2. The van der Waals surface area contributed by atoms with Crippen LogP contribution in [0.15, 0.2) is 37.1 Å². The Labute approximate surface area is 153 Å². The van der Waals surface area contributed by atoms with Crippen LogP contribution in [0.5, 0.6) is 5.75 Å². The minimum atomic E-state index is -4.48. The molecule has 4 rings (SSSR count). The minimum absolute atomic E-state index is 0.00206. The van der Waals surface area contributed by atoms with Gasteiger partial charge in [0, 0.05) is 36.5 Å². The van der Waals surface area contributed by atoms with Crippen molar-refractivity contribution < 1.29 is 17.9 Å². The number of fused-ring (bicyclic) bond motifs is 2. The highest BCUT2D eigenvalue weighted by molar-refractivity contribution is 5.95. The van der Waals surface area contributed by atoms with E-state index in [4.69, 9.17) is 4.74 Å². The number of alkyl halides is 3. The lowest BCUT2D eigenvalue weighted by Gasteiger charge is -2.14. The number of pyridine rings is 1. The number of nitrogens with one attached hydrogen (secondary N) is 3. The topological polar surface area (TPSA) is 62.0 Å². The SMILES string of the molecule is C=CCNc1cc(Nc2cc[c]c3c2OCC3)nc2[nH]cc(C(F)(F)F)c12. The molecule has 0 amide bonds. The first-order valence-corrected chi connectivity index (χ1v) is 8.35. The third kappa shape index (κ3) is 3.18. The summed E-state index contributed by atoms with van der Waals surface area (Å²) in [6.07, 6.45) is -1.20. The van der Waals surface area contributed by atoms with Gasteiger partial charge in [0.15, 0.2) is 0 Å². The van der Waals surface area contributed by atoms with Crippen LogP contribution in [0.2, 0.25) is 0 Å². The smallest absolute Gasteiger partial charge is 0.418 e. The van der Waals surface area contributed by atoms with Crippen LogP contribution in [0.4, 0.5) is 30.4 Å². The first-order valence-electron chi connectivity index (χ1n) is 8.35. The Morgan fingerprint density at radius 3 is 3.00 bits per heavy atom. The van der Waals surface area contributed by atoms with E-state index in [1.807, 2.05) is 0 Å². The molecule has 3 heterocycles. The van der Waals surface area contributed by atoms with E-state index in [1.54, 1.807) is 24.3 Å². The fourth-order valence-electron chi connectivity index (χ4n) is 3.12. The predicted molar refractivity (Wildman–Crippen MR) is 97.5 cm³/mol. The monoisotopic (exact) mass is 373 g/mol. The Hall–Kier alpha value is -3.16. The summed E-state index contributed by atoms with van der Waals surface area (Å²) in [5.74, 6) is 1.09. The van der Waals surface area contributed by atoms with Gasteiger partial charge in [-0.1, -0.05) is 12.1 Å². The third-order valence-electron chi connectivity index (χ3n) is 4.27. The molecule has 2 aromatic heterocycles. The number of rotatable bonds is 5. The number of halogens is 3. The molecule has 139 valence electrons. The van der Waals surface area contributed by atoms with Crippen LogP contribution in [0, 0.1) is 6.07 Å². The molecule has 0 atom stereocenters. The standard InChI is InChI=1S/C19H16F3N4O/c1-2-7-23-14-9-15(25-13-5-3-4-11-6-8-27-17(11)13)26-18-16(14)12(10-24-18)19(20,21)22/h2-3,5,9-10H,1,6-8H2,(H3,23,24,25,26). The maximum Gasteiger partial charge on any atom is 0.418 e. The second-order valence-corrected chi connectivity index (χ2v) is 6.07. The quantitative estimate of drug-likeness (QED) is 0.570. The maximum absolute atomic E-state index is 13.3. The van der Waals surface area contributed by atoms with Gasteiger partial charge in [0.2, 0.25) is 0 Å². The summed E-state index contributed by atoms with van der Waals surface area (Å²) in [5.41, 5.74) is 1.35. The van der Waals surface area contributed by atoms with Crippen LogP contribution in [0.3, 0.4) is 0 Å². The Balaban J connectivity index is 1.78. The number of nitrogens with zero attached hydrogens (tertiary/aromatic N) is 1. The van der Waals surface area contributed by atoms with E-state index in [-0.39, 0.29) is 11.0 Å². The Kier molecular flexibility index (Phi) is 4.18. The summed E-state index contributed by atoms with van der Waals surface area (Å²) in [7, 11) is 0. The molecule has 1 aliphatic heterocycles. The molecule has 0 unspecified atom stereocenters. The van der Waals surface area contributed by atoms with Crippen LogP contribution in [-0.4, -0.2) is 23.1 Å². The average Bonchev–Trinajstić information content (AvgIpc) is 3.26. The Morgan fingerprint density at radius 1 is 1.37 bits per heavy atom. The van der Waals surface area contributed by atoms with Gasteiger partial charge in [0.25, 0.3) is 0 Å². The summed E-state index contributed by atoms with van der Waals surface area (Å²) in [4.78, 5) is 6.92. The molecule has 27 heavy (non-hydrogen) atoms. The molecule has 1 aliphatic rings. The van der Waals surface area contributed by atoms with Crippen molar-refractivity contribution in [1.29, 1.82) is 0 Å². The lowest BCUT2D eigenvalue weighted by molar-refractivity contribution is -0.136. The van der Waals surface area contributed by atoms with Crippen LogP contribution < -0.4 is 15.4 Å². The van der Waals surface area contributed by atoms with Crippen molar-refractivity contribution >= 4 is 28.2 Å². The van der Waals surface area contributed by atoms with Gasteiger partial charge >= 0.3 is 6.18 Å². The molecule has 0 bridgehead atoms. The lowest BCUT2D eigenvalue weighted by atomic mass is 10.1. The van der Waals surface area contributed by atoms with Crippen molar-refractivity contribution in [2.45, 2.75) is 12.6 Å². The van der Waals surface area contributed by atoms with E-state index in [9.17, 15) is 13.2 Å². The lowest BCUT2D eigenvalue weighted by Crippen LogP contribution is -2.07. The van der Waals surface area contributed by atoms with Crippen molar-refractivity contribution in [2.75, 3.05) is 23.8 Å². The van der Waals surface area contributed by atoms with Crippen molar-refractivity contribution in [3.05, 3.63) is 54.2 Å². The zero-order valence-electron chi connectivity index (χ0n) is 14.2. The van der Waals surface area contributed by atoms with E-state index in [2.05, 4.69) is 33.2 Å². The number of H-pyrrole nitrogens is 1. The van der Waals surface area contributed by atoms with Gasteiger partial charge in [-0.3, -0.25) is 0 Å². The van der Waals surface area contributed by atoms with Crippen molar-refractivity contribution in [3.8, 4) is 5.75 Å². The summed E-state index contributed by atoms with van der Waals surface area (Å²) in [6, 6.07) is 8.25. The van der Waals surface area contributed by atoms with Crippen LogP contribution in [0.25, 0.3) is 11.0 Å². The largest absolute Gasteiger partial charge is 0.491 e. The van der Waals surface area contributed by atoms with Crippen molar-refractivity contribution in [3.63, 3.8) is 0 Å². The molecule has 0 saturated heterocycles. The molecule has 5 nitrogen and oxygen atoms in total. The van der Waals surface area contributed by atoms with Gasteiger partial charge in [0.05, 0.1) is 23.2 Å². The minimum Gasteiger partial charge on any atom is -0.491 e. The molecule has 0 aliphatic carbocycles. The molecule has 0 fully saturated rings. The summed E-state index contributed by atoms with van der Waals surface area (Å²) in [6.45, 7) is 4.50. The van der Waals surface area contributed by atoms with Crippen molar-refractivity contribution in [2.24, 2.45) is 0 Å². The predicted octanol–water partition coefficient (Wildman–Crippen LogP) is 4.66. The van der Waals surface area contributed by atoms with Gasteiger partial charge < -0.3 is 20.4 Å². The second-order valence-electron chi connectivity index (χ2n) is 6.07. The number of aromatic nitrogens is 2. The average molecular weight is 373 g/mol. The first-order chi connectivity index (χ1) is 13.0. The first kappa shape index (κ1) is 17.3. The van der Waals surface area contributed by atoms with E-state index in [0.717, 1.165) is 18.2 Å². The number of anilines is 3. The molecule has 8 heteroatoms. The van der Waals surface area contributed by atoms with Crippen molar-refractivity contribution in [1.82, 2.24) is 9.97 Å². The maximum atomic E-state index is 13.3. The number of hydrogen-bond acceptors (Lipinski definition) is 4. The second kappa shape index (κ2) is 6.53. The highest BCUT2D eigenvalue weighted by Gasteiger charge is 2.35. The highest BCUT2D eigenvalue weighted by atomic mass is 19.4. The van der Waals surface area contributed by atoms with Crippen LogP contribution in [0.1, 0.15) is 11.1 Å². The summed E-state index contributed by atoms with van der Waals surface area (Å²) >= 11 is 0. The Bertz CT molecular complexity index is 1010. The van der Waals surface area contributed by atoms with Gasteiger partial charge in [-0.15, -0.1) is 6.58 Å². The molecular formula is C19H16F3N4O. The highest BCUT2D eigenvalue weighted by Crippen LogP contribution is 2.40. The molecule has 0 spiro atoms. The zero-order chi connectivity index (χ0) is 19.0. The molecule has 3 N–H and O–H groups in total. The van der Waals surface area contributed by atoms with Gasteiger partial charge in [-0.05, 0) is 12.1 Å².